The number of alkyl halides is 2. The molecule has 0 bridgehead atoms. The zero-order chi connectivity index (χ0) is 26.0. The van der Waals surface area contributed by atoms with Crippen LogP contribution in [0.1, 0.15) is 35.1 Å². The molecule has 0 unspecified atom stereocenters. The zero-order valence-corrected chi connectivity index (χ0v) is 19.0. The fraction of sp³-hybridized carbons (Fsp3) is 0.227. The second kappa shape index (κ2) is 9.85. The van der Waals surface area contributed by atoms with E-state index in [2.05, 4.69) is 20.5 Å². The van der Waals surface area contributed by atoms with E-state index in [0.717, 1.165) is 4.68 Å². The number of halogens is 2. The molecule has 36 heavy (non-hydrogen) atoms. The Morgan fingerprint density at radius 2 is 2.06 bits per heavy atom. The summed E-state index contributed by atoms with van der Waals surface area (Å²) in [6.45, 7) is 2.63. The zero-order valence-electron chi connectivity index (χ0n) is 19.0. The Labute approximate surface area is 201 Å². The summed E-state index contributed by atoms with van der Waals surface area (Å²) in [5, 5.41) is 21.6. The number of rotatable bonds is 8. The molecule has 1 amide bonds. The van der Waals surface area contributed by atoms with Crippen LogP contribution < -0.4 is 5.32 Å². The summed E-state index contributed by atoms with van der Waals surface area (Å²) >= 11 is 0. The van der Waals surface area contributed by atoms with Crippen LogP contribution in [0.25, 0.3) is 16.9 Å². The highest BCUT2D eigenvalue weighted by atomic mass is 19.3. The summed E-state index contributed by atoms with van der Waals surface area (Å²) < 4.78 is 33.7. The largest absolute Gasteiger partial charge is 0.462 e. The van der Waals surface area contributed by atoms with Gasteiger partial charge in [-0.15, -0.1) is 0 Å². The van der Waals surface area contributed by atoms with Gasteiger partial charge in [0.05, 0.1) is 23.4 Å². The van der Waals surface area contributed by atoms with Gasteiger partial charge >= 0.3 is 11.7 Å². The molecular weight excluding hydrogens is 480 g/mol. The van der Waals surface area contributed by atoms with Gasteiger partial charge in [-0.2, -0.15) is 10.2 Å². The van der Waals surface area contributed by atoms with E-state index in [9.17, 15) is 28.5 Å². The molecular formula is C22H19F2N7O5. The van der Waals surface area contributed by atoms with E-state index >= 15 is 0 Å². The van der Waals surface area contributed by atoms with Crippen molar-refractivity contribution in [3.8, 4) is 11.3 Å². The topological polar surface area (TPSA) is 147 Å². The van der Waals surface area contributed by atoms with Crippen molar-refractivity contribution in [1.82, 2.24) is 24.4 Å². The Balaban J connectivity index is 1.58. The molecule has 0 aliphatic heterocycles. The maximum atomic E-state index is 13.1. The van der Waals surface area contributed by atoms with Crippen LogP contribution in [0.5, 0.6) is 0 Å². The van der Waals surface area contributed by atoms with E-state index in [1.54, 1.807) is 37.3 Å². The van der Waals surface area contributed by atoms with Crippen LogP contribution in [0.2, 0.25) is 0 Å². The Bertz CT molecular complexity index is 1480. The predicted molar refractivity (Wildman–Crippen MR) is 122 cm³/mol. The fourth-order valence-electron chi connectivity index (χ4n) is 3.64. The molecule has 0 saturated carbocycles. The number of nitrogens with one attached hydrogen (secondary N) is 1. The molecule has 3 aromatic heterocycles. The van der Waals surface area contributed by atoms with Crippen LogP contribution in [0.4, 0.5) is 20.2 Å². The standard InChI is InChI=1S/C22H19F2N7O5/c1-3-36-22(33)15-10-26-30-16(7-8-25-21(15)30)13-5-4-6-14(9-13)27-17(32)11-29-12(2)19(31(34)35)18(28-29)20(23)24/h4-10,20H,3,11H2,1-2H3,(H,27,32). The van der Waals surface area contributed by atoms with Crippen LogP contribution >= 0.6 is 0 Å². The molecule has 0 saturated heterocycles. The van der Waals surface area contributed by atoms with Gasteiger partial charge in [0.1, 0.15) is 17.8 Å². The summed E-state index contributed by atoms with van der Waals surface area (Å²) in [5.41, 5.74) is 0.110. The molecule has 0 atom stereocenters. The van der Waals surface area contributed by atoms with Crippen molar-refractivity contribution in [1.29, 1.82) is 0 Å². The summed E-state index contributed by atoms with van der Waals surface area (Å²) in [7, 11) is 0. The molecule has 12 nitrogen and oxygen atoms in total. The highest BCUT2D eigenvalue weighted by molar-refractivity contribution is 5.96. The molecule has 1 N–H and O–H groups in total. The van der Waals surface area contributed by atoms with E-state index < -0.39 is 41.2 Å². The van der Waals surface area contributed by atoms with Crippen LogP contribution in [-0.4, -0.2) is 47.8 Å². The number of hydrogen-bond donors (Lipinski definition) is 1. The summed E-state index contributed by atoms with van der Waals surface area (Å²) in [5.74, 6) is -1.18. The third-order valence-corrected chi connectivity index (χ3v) is 5.22. The van der Waals surface area contributed by atoms with E-state index in [0.29, 0.717) is 22.6 Å². The predicted octanol–water partition coefficient (Wildman–Crippen LogP) is 3.56. The highest BCUT2D eigenvalue weighted by Crippen LogP contribution is 2.31. The van der Waals surface area contributed by atoms with Crippen molar-refractivity contribution in [2.24, 2.45) is 0 Å². The second-order valence-electron chi connectivity index (χ2n) is 7.51. The van der Waals surface area contributed by atoms with Crippen molar-refractivity contribution in [3.63, 3.8) is 0 Å². The molecule has 0 radical (unpaired) electrons. The average Bonchev–Trinajstić information content (AvgIpc) is 3.41. The molecule has 14 heteroatoms. The van der Waals surface area contributed by atoms with Gasteiger partial charge in [0.2, 0.25) is 11.6 Å². The van der Waals surface area contributed by atoms with Crippen LogP contribution in [0, 0.1) is 17.0 Å². The minimum absolute atomic E-state index is 0.158. The Morgan fingerprint density at radius 3 is 2.72 bits per heavy atom. The molecule has 3 heterocycles. The van der Waals surface area contributed by atoms with Gasteiger partial charge in [-0.3, -0.25) is 19.6 Å². The first-order valence-corrected chi connectivity index (χ1v) is 10.6. The maximum absolute atomic E-state index is 13.1. The number of carbonyl (C=O) groups is 2. The molecule has 0 fully saturated rings. The average molecular weight is 499 g/mol. The number of benzene rings is 1. The number of anilines is 1. The molecule has 4 aromatic rings. The number of carbonyl (C=O) groups excluding carboxylic acids is 2. The smallest absolute Gasteiger partial charge is 0.343 e. The molecule has 0 aliphatic rings. The lowest BCUT2D eigenvalue weighted by atomic mass is 10.1. The van der Waals surface area contributed by atoms with Crippen molar-refractivity contribution in [2.45, 2.75) is 26.8 Å². The number of ether oxygens (including phenoxy) is 1. The maximum Gasteiger partial charge on any atom is 0.343 e. The van der Waals surface area contributed by atoms with Gasteiger partial charge in [0.15, 0.2) is 5.65 Å². The third-order valence-electron chi connectivity index (χ3n) is 5.22. The lowest BCUT2D eigenvalue weighted by Crippen LogP contribution is -2.20. The molecule has 0 spiro atoms. The fourth-order valence-corrected chi connectivity index (χ4v) is 3.64. The van der Waals surface area contributed by atoms with Crippen LogP contribution in [0.15, 0.2) is 42.7 Å². The Morgan fingerprint density at radius 1 is 1.28 bits per heavy atom. The summed E-state index contributed by atoms with van der Waals surface area (Å²) in [4.78, 5) is 39.2. The first kappa shape index (κ1) is 24.4. The van der Waals surface area contributed by atoms with Crippen LogP contribution in [0.3, 0.4) is 0 Å². The number of fused-ring (bicyclic) bond motifs is 1. The quantitative estimate of drug-likeness (QED) is 0.220. The van der Waals surface area contributed by atoms with Gasteiger partial charge in [0, 0.05) is 17.4 Å². The van der Waals surface area contributed by atoms with Gasteiger partial charge in [-0.1, -0.05) is 12.1 Å². The number of amides is 1. The van der Waals surface area contributed by atoms with Crippen molar-refractivity contribution >= 4 is 28.9 Å². The van der Waals surface area contributed by atoms with E-state index in [1.165, 1.54) is 23.8 Å². The number of esters is 1. The minimum Gasteiger partial charge on any atom is -0.462 e. The van der Waals surface area contributed by atoms with E-state index in [4.69, 9.17) is 4.74 Å². The monoisotopic (exact) mass is 499 g/mol. The number of aromatic nitrogens is 5. The molecule has 0 aliphatic carbocycles. The lowest BCUT2D eigenvalue weighted by molar-refractivity contribution is -0.386. The van der Waals surface area contributed by atoms with E-state index in [1.807, 2.05) is 0 Å². The summed E-state index contributed by atoms with van der Waals surface area (Å²) in [6.07, 6.45) is -0.294. The summed E-state index contributed by atoms with van der Waals surface area (Å²) in [6, 6.07) is 8.35. The molecule has 1 aromatic carbocycles. The molecule has 186 valence electrons. The lowest BCUT2D eigenvalue weighted by Gasteiger charge is -2.09. The normalized spacial score (nSPS) is 11.1. The minimum atomic E-state index is -3.16. The van der Waals surface area contributed by atoms with Crippen molar-refractivity contribution < 1.29 is 28.0 Å². The van der Waals surface area contributed by atoms with E-state index in [-0.39, 0.29) is 17.9 Å². The number of hydrogen-bond acceptors (Lipinski definition) is 8. The second-order valence-corrected chi connectivity index (χ2v) is 7.51. The van der Waals surface area contributed by atoms with Crippen molar-refractivity contribution in [2.75, 3.05) is 11.9 Å². The first-order valence-electron chi connectivity index (χ1n) is 10.6. The van der Waals surface area contributed by atoms with Gasteiger partial charge < -0.3 is 10.1 Å². The Kier molecular flexibility index (Phi) is 6.67. The van der Waals surface area contributed by atoms with Gasteiger partial charge in [-0.05, 0) is 32.0 Å². The van der Waals surface area contributed by atoms with Crippen LogP contribution in [-0.2, 0) is 16.1 Å². The highest BCUT2D eigenvalue weighted by Gasteiger charge is 2.31. The third kappa shape index (κ3) is 4.60. The van der Waals surface area contributed by atoms with Gasteiger partial charge in [0.25, 0.3) is 6.43 Å². The number of nitrogens with zero attached hydrogens (tertiary/aromatic N) is 6. The SMILES string of the molecule is CCOC(=O)c1cnn2c(-c3cccc(NC(=O)Cn4nc(C(F)F)c([N+](=O)[O-])c4C)c3)ccnc12. The Hall–Kier alpha value is -4.75. The number of nitro groups is 1. The first-order chi connectivity index (χ1) is 17.2. The van der Waals surface area contributed by atoms with Gasteiger partial charge in [-0.25, -0.2) is 23.1 Å². The molecule has 4 rings (SSSR count). The van der Waals surface area contributed by atoms with Crippen molar-refractivity contribution in [3.05, 3.63) is 69.8 Å².